The number of carbonyl (C=O) groups excluding carboxylic acids is 1. The first-order chi connectivity index (χ1) is 5.31. The Morgan fingerprint density at radius 3 is 2.50 bits per heavy atom. The summed E-state index contributed by atoms with van der Waals surface area (Å²) in [6.45, 7) is 4.36. The Kier molecular flexibility index (Phi) is 13.8. The summed E-state index contributed by atoms with van der Waals surface area (Å²) >= 11 is 0. The van der Waals surface area contributed by atoms with E-state index in [1.807, 2.05) is 0 Å². The average molecular weight is 243 g/mol. The van der Waals surface area contributed by atoms with Gasteiger partial charge in [-0.25, -0.2) is 0 Å². The van der Waals surface area contributed by atoms with Crippen molar-refractivity contribution in [1.29, 1.82) is 0 Å². The van der Waals surface area contributed by atoms with E-state index in [0.29, 0.717) is 6.42 Å². The molecule has 0 bridgehead atoms. The van der Waals surface area contributed by atoms with Gasteiger partial charge in [-0.2, -0.15) is 6.42 Å². The molecule has 1 heterocycles. The van der Waals surface area contributed by atoms with Crippen LogP contribution in [0.3, 0.4) is 0 Å². The Labute approximate surface area is 99.3 Å². The molecule has 0 unspecified atom stereocenters. The molecule has 1 amide bonds. The van der Waals surface area contributed by atoms with Gasteiger partial charge in [-0.1, -0.05) is 6.42 Å². The maximum Gasteiger partial charge on any atom is 0.189 e. The van der Waals surface area contributed by atoms with E-state index >= 15 is 0 Å². The molecular formula is C8H14N2OY-2. The quantitative estimate of drug-likeness (QED) is 0.676. The summed E-state index contributed by atoms with van der Waals surface area (Å²) in [5, 5.41) is 2.41. The molecule has 3 nitrogen and oxygen atoms in total. The molecule has 0 atom stereocenters. The van der Waals surface area contributed by atoms with Crippen molar-refractivity contribution in [3.05, 3.63) is 6.92 Å². The number of hydrogen-bond acceptors (Lipinski definition) is 2. The van der Waals surface area contributed by atoms with Crippen LogP contribution in [0.4, 0.5) is 0 Å². The van der Waals surface area contributed by atoms with Gasteiger partial charge in [0.1, 0.15) is 0 Å². The standard InChI is InChI=1S/C4H8NO.C4H6N.Y/c1-3-4(6)5-2;1-2-4-5-3-1;/h1,3H2,2H3,(H,5,6);1-3H2;/q2*-1;. The van der Waals surface area contributed by atoms with Gasteiger partial charge in [-0.05, 0) is 6.54 Å². The third kappa shape index (κ3) is 10.2. The summed E-state index contributed by atoms with van der Waals surface area (Å²) in [4.78, 5) is 13.8. The smallest absolute Gasteiger partial charge is 0.189 e. The number of nitrogens with one attached hydrogen (secondary N) is 1. The molecule has 0 aromatic rings. The minimum absolute atomic E-state index is 0. The van der Waals surface area contributed by atoms with Gasteiger partial charge in [0.05, 0.1) is 0 Å². The van der Waals surface area contributed by atoms with Crippen molar-refractivity contribution in [2.75, 3.05) is 13.6 Å². The molecule has 1 radical (unpaired) electrons. The van der Waals surface area contributed by atoms with Crippen LogP contribution < -0.4 is 5.32 Å². The van der Waals surface area contributed by atoms with E-state index in [1.165, 1.54) is 6.42 Å². The third-order valence-electron chi connectivity index (χ3n) is 1.18. The van der Waals surface area contributed by atoms with Gasteiger partial charge in [0.2, 0.25) is 0 Å². The summed E-state index contributed by atoms with van der Waals surface area (Å²) in [6, 6.07) is 0. The summed E-state index contributed by atoms with van der Waals surface area (Å²) in [5.41, 5.74) is 0. The molecule has 12 heavy (non-hydrogen) atoms. The molecular weight excluding hydrogens is 229 g/mol. The Balaban J connectivity index is 0. The number of carbonyl (C=O) groups is 1. The van der Waals surface area contributed by atoms with Crippen molar-refractivity contribution < 1.29 is 37.5 Å². The molecule has 1 aliphatic rings. The third-order valence-corrected chi connectivity index (χ3v) is 1.18. The molecule has 0 aromatic heterocycles. The number of nitrogens with zero attached hydrogens (tertiary/aromatic N) is 1. The van der Waals surface area contributed by atoms with E-state index in [9.17, 15) is 4.79 Å². The Bertz CT molecular complexity index is 125. The first kappa shape index (κ1) is 14.8. The van der Waals surface area contributed by atoms with E-state index in [2.05, 4.69) is 23.4 Å². The molecule has 0 aromatic carbocycles. The van der Waals surface area contributed by atoms with Crippen LogP contribution >= 0.6 is 0 Å². The molecule has 0 fully saturated rings. The number of aliphatic imine (C=N–C) groups is 1. The molecule has 0 aliphatic carbocycles. The van der Waals surface area contributed by atoms with Crippen molar-refractivity contribution >= 4 is 12.1 Å². The molecule has 4 heteroatoms. The van der Waals surface area contributed by atoms with Crippen molar-refractivity contribution in [2.45, 2.75) is 19.3 Å². The van der Waals surface area contributed by atoms with Crippen molar-refractivity contribution in [3.63, 3.8) is 0 Å². The fraction of sp³-hybridized carbons (Fsp3) is 0.625. The summed E-state index contributed by atoms with van der Waals surface area (Å²) < 4.78 is 0. The van der Waals surface area contributed by atoms with E-state index in [-0.39, 0.29) is 38.6 Å². The van der Waals surface area contributed by atoms with Crippen LogP contribution in [0.15, 0.2) is 4.99 Å². The fourth-order valence-electron chi connectivity index (χ4n) is 0.520. The molecule has 67 valence electrons. The fourth-order valence-corrected chi connectivity index (χ4v) is 0.520. The van der Waals surface area contributed by atoms with Gasteiger partial charge in [0.25, 0.3) is 0 Å². The number of rotatable bonds is 1. The number of amides is 1. The predicted molar refractivity (Wildman–Crippen MR) is 45.6 cm³/mol. The first-order valence-corrected chi connectivity index (χ1v) is 3.70. The minimum atomic E-state index is -0.0185. The van der Waals surface area contributed by atoms with Crippen LogP contribution in [0.1, 0.15) is 19.3 Å². The maximum absolute atomic E-state index is 10.0. The van der Waals surface area contributed by atoms with Gasteiger partial charge >= 0.3 is 0 Å². The van der Waals surface area contributed by atoms with Crippen LogP contribution in [0.2, 0.25) is 0 Å². The van der Waals surface area contributed by atoms with Crippen LogP contribution in [-0.2, 0) is 37.5 Å². The van der Waals surface area contributed by atoms with Crippen molar-refractivity contribution in [3.8, 4) is 0 Å². The zero-order valence-electron chi connectivity index (χ0n) is 7.47. The summed E-state index contributed by atoms with van der Waals surface area (Å²) in [6.07, 6.45) is 5.48. The molecule has 1 N–H and O–H groups in total. The topological polar surface area (TPSA) is 41.5 Å². The SMILES string of the molecule is [C-]1=NCCC1.[CH2-]CC(=O)NC.[Y]. The van der Waals surface area contributed by atoms with Gasteiger partial charge in [0.15, 0.2) is 5.91 Å². The van der Waals surface area contributed by atoms with Crippen LogP contribution in [-0.4, -0.2) is 25.7 Å². The summed E-state index contributed by atoms with van der Waals surface area (Å²) in [7, 11) is 1.59. The largest absolute Gasteiger partial charge is 0.503 e. The summed E-state index contributed by atoms with van der Waals surface area (Å²) in [5.74, 6) is -0.0185. The zero-order valence-corrected chi connectivity index (χ0v) is 10.3. The van der Waals surface area contributed by atoms with Gasteiger partial charge in [0, 0.05) is 39.8 Å². The van der Waals surface area contributed by atoms with Gasteiger partial charge in [-0.3, -0.25) is 4.79 Å². The monoisotopic (exact) mass is 243 g/mol. The first-order valence-electron chi connectivity index (χ1n) is 3.70. The molecule has 1 rings (SSSR count). The van der Waals surface area contributed by atoms with E-state index in [1.54, 1.807) is 7.05 Å². The van der Waals surface area contributed by atoms with Gasteiger partial charge in [-0.15, -0.1) is 6.42 Å². The Hall–Kier alpha value is 0.244. The molecule has 0 spiro atoms. The van der Waals surface area contributed by atoms with Crippen LogP contribution in [0.25, 0.3) is 0 Å². The van der Waals surface area contributed by atoms with Crippen molar-refractivity contribution in [1.82, 2.24) is 5.32 Å². The van der Waals surface area contributed by atoms with Crippen LogP contribution in [0, 0.1) is 6.92 Å². The minimum Gasteiger partial charge on any atom is -0.503 e. The number of hydrogen-bond donors (Lipinski definition) is 1. The molecule has 0 saturated heterocycles. The van der Waals surface area contributed by atoms with Crippen LogP contribution in [0.5, 0.6) is 0 Å². The zero-order chi connectivity index (χ0) is 8.53. The van der Waals surface area contributed by atoms with Crippen molar-refractivity contribution in [2.24, 2.45) is 4.99 Å². The maximum atomic E-state index is 10.0. The average Bonchev–Trinajstić information content (AvgIpc) is 2.60. The Morgan fingerprint density at radius 1 is 1.75 bits per heavy atom. The van der Waals surface area contributed by atoms with E-state index in [4.69, 9.17) is 0 Å². The second kappa shape index (κ2) is 11.2. The van der Waals surface area contributed by atoms with E-state index < -0.39 is 0 Å². The normalized spacial score (nSPS) is 12.5. The molecule has 1 aliphatic heterocycles. The molecule has 0 saturated carbocycles. The van der Waals surface area contributed by atoms with Gasteiger partial charge < -0.3 is 23.4 Å². The predicted octanol–water partition coefficient (Wildman–Crippen LogP) is 0.682. The second-order valence-corrected chi connectivity index (χ2v) is 2.07. The Morgan fingerprint density at radius 2 is 2.42 bits per heavy atom. The van der Waals surface area contributed by atoms with E-state index in [0.717, 1.165) is 13.0 Å². The second-order valence-electron chi connectivity index (χ2n) is 2.07.